The van der Waals surface area contributed by atoms with E-state index in [0.29, 0.717) is 11.3 Å². The van der Waals surface area contributed by atoms with Crippen molar-refractivity contribution in [1.29, 1.82) is 0 Å². The molecule has 0 radical (unpaired) electrons. The normalized spacial score (nSPS) is 9.47. The van der Waals surface area contributed by atoms with E-state index < -0.39 is 11.0 Å². The lowest BCUT2D eigenvalue weighted by Crippen LogP contribution is -2.11. The molecule has 6 heteroatoms. The Hall–Kier alpha value is -2.11. The van der Waals surface area contributed by atoms with Crippen molar-refractivity contribution < 1.29 is 14.5 Å². The second kappa shape index (κ2) is 4.41. The fraction of sp³-hybridized carbons (Fsp3) is 0.222. The monoisotopic (exact) mass is 210 g/mol. The average Bonchev–Trinajstić information content (AvgIpc) is 2.17. The molecule has 0 bridgehead atoms. The molecule has 0 aliphatic carbocycles. The van der Waals surface area contributed by atoms with Gasteiger partial charge in [0.1, 0.15) is 0 Å². The first kappa shape index (κ1) is 11.0. The van der Waals surface area contributed by atoms with Gasteiger partial charge in [0.15, 0.2) is 0 Å². The van der Waals surface area contributed by atoms with Crippen LogP contribution in [0.3, 0.4) is 0 Å². The number of carbonyl (C=O) groups is 1. The smallest absolute Gasteiger partial charge is 0.411 e. The van der Waals surface area contributed by atoms with Gasteiger partial charge in [0.05, 0.1) is 12.0 Å². The Morgan fingerprint density at radius 1 is 1.53 bits per heavy atom. The third-order valence-electron chi connectivity index (χ3n) is 1.83. The molecule has 1 rings (SSSR count). The molecule has 0 saturated heterocycles. The van der Waals surface area contributed by atoms with Gasteiger partial charge < -0.3 is 4.74 Å². The van der Waals surface area contributed by atoms with Crippen molar-refractivity contribution in [3.63, 3.8) is 0 Å². The number of rotatable bonds is 2. The molecule has 1 amide bonds. The number of nitrogens with zero attached hydrogens (tertiary/aromatic N) is 1. The van der Waals surface area contributed by atoms with Crippen LogP contribution in [0.1, 0.15) is 5.56 Å². The third-order valence-corrected chi connectivity index (χ3v) is 1.83. The van der Waals surface area contributed by atoms with E-state index in [0.717, 1.165) is 0 Å². The second-order valence-corrected chi connectivity index (χ2v) is 2.87. The van der Waals surface area contributed by atoms with E-state index in [9.17, 15) is 14.9 Å². The van der Waals surface area contributed by atoms with Gasteiger partial charge in [-0.3, -0.25) is 15.4 Å². The van der Waals surface area contributed by atoms with Crippen LogP contribution in [0.2, 0.25) is 0 Å². The first-order chi connectivity index (χ1) is 7.04. The van der Waals surface area contributed by atoms with Gasteiger partial charge in [-0.15, -0.1) is 0 Å². The van der Waals surface area contributed by atoms with Gasteiger partial charge in [0, 0.05) is 17.3 Å². The van der Waals surface area contributed by atoms with E-state index in [1.807, 2.05) is 0 Å². The lowest BCUT2D eigenvalue weighted by atomic mass is 10.2. The largest absolute Gasteiger partial charge is 0.453 e. The van der Waals surface area contributed by atoms with Crippen molar-refractivity contribution >= 4 is 17.5 Å². The fourth-order valence-corrected chi connectivity index (χ4v) is 1.11. The van der Waals surface area contributed by atoms with E-state index in [1.54, 1.807) is 6.92 Å². The van der Waals surface area contributed by atoms with Crippen molar-refractivity contribution in [3.05, 3.63) is 33.9 Å². The molecule has 0 unspecified atom stereocenters. The topological polar surface area (TPSA) is 81.5 Å². The summed E-state index contributed by atoms with van der Waals surface area (Å²) in [5, 5.41) is 12.9. The molecule has 0 fully saturated rings. The molecule has 0 spiro atoms. The number of nitro benzene ring substituents is 1. The van der Waals surface area contributed by atoms with Crippen molar-refractivity contribution in [2.75, 3.05) is 12.4 Å². The van der Waals surface area contributed by atoms with E-state index in [-0.39, 0.29) is 5.69 Å². The van der Waals surface area contributed by atoms with Crippen molar-refractivity contribution in [2.24, 2.45) is 0 Å². The number of carbonyl (C=O) groups excluding carboxylic acids is 1. The fourth-order valence-electron chi connectivity index (χ4n) is 1.11. The Morgan fingerprint density at radius 3 is 2.67 bits per heavy atom. The number of hydrogen-bond donors (Lipinski definition) is 1. The van der Waals surface area contributed by atoms with E-state index in [2.05, 4.69) is 10.1 Å². The van der Waals surface area contributed by atoms with Crippen LogP contribution >= 0.6 is 0 Å². The number of hydrogen-bond acceptors (Lipinski definition) is 4. The van der Waals surface area contributed by atoms with Gasteiger partial charge >= 0.3 is 6.09 Å². The Kier molecular flexibility index (Phi) is 3.22. The molecule has 1 N–H and O–H groups in total. The molecule has 0 atom stereocenters. The lowest BCUT2D eigenvalue weighted by molar-refractivity contribution is -0.385. The first-order valence-electron chi connectivity index (χ1n) is 4.14. The first-order valence-corrected chi connectivity index (χ1v) is 4.14. The zero-order valence-electron chi connectivity index (χ0n) is 8.31. The predicted octanol–water partition coefficient (Wildman–Crippen LogP) is 2.08. The van der Waals surface area contributed by atoms with Gasteiger partial charge in [0.25, 0.3) is 5.69 Å². The maximum atomic E-state index is 10.8. The minimum absolute atomic E-state index is 0.0189. The van der Waals surface area contributed by atoms with Gasteiger partial charge in [0.2, 0.25) is 0 Å². The number of nitro groups is 1. The van der Waals surface area contributed by atoms with Crippen LogP contribution in [0, 0.1) is 17.0 Å². The molecule has 6 nitrogen and oxygen atoms in total. The summed E-state index contributed by atoms with van der Waals surface area (Å²) < 4.78 is 4.39. The summed E-state index contributed by atoms with van der Waals surface area (Å²) in [6.45, 7) is 1.60. The lowest BCUT2D eigenvalue weighted by Gasteiger charge is -2.04. The quantitative estimate of drug-likeness (QED) is 0.598. The highest BCUT2D eigenvalue weighted by atomic mass is 16.6. The number of amides is 1. The Morgan fingerprint density at radius 2 is 2.20 bits per heavy atom. The highest BCUT2D eigenvalue weighted by molar-refractivity contribution is 5.84. The number of ether oxygens (including phenoxy) is 1. The summed E-state index contributed by atoms with van der Waals surface area (Å²) >= 11 is 0. The summed E-state index contributed by atoms with van der Waals surface area (Å²) in [4.78, 5) is 20.9. The van der Waals surface area contributed by atoms with Crippen molar-refractivity contribution in [1.82, 2.24) is 0 Å². The van der Waals surface area contributed by atoms with Crippen LogP contribution in [0.5, 0.6) is 0 Å². The average molecular weight is 210 g/mol. The number of methoxy groups -OCH3 is 1. The van der Waals surface area contributed by atoms with Crippen LogP contribution in [-0.2, 0) is 4.74 Å². The summed E-state index contributed by atoms with van der Waals surface area (Å²) in [6.07, 6.45) is -0.608. The van der Waals surface area contributed by atoms with Crippen LogP contribution in [0.25, 0.3) is 0 Å². The van der Waals surface area contributed by atoms with Gasteiger partial charge in [-0.2, -0.15) is 0 Å². The Bertz CT molecular complexity index is 403. The molecular formula is C9H10N2O4. The summed E-state index contributed by atoms with van der Waals surface area (Å²) in [7, 11) is 1.24. The van der Waals surface area contributed by atoms with Crippen LogP contribution < -0.4 is 5.32 Å². The molecule has 0 aromatic heterocycles. The number of anilines is 1. The third kappa shape index (κ3) is 2.67. The molecule has 0 saturated carbocycles. The SMILES string of the molecule is COC(=O)Nc1ccc([N+](=O)[O-])c(C)c1. The molecule has 1 aromatic rings. The van der Waals surface area contributed by atoms with E-state index >= 15 is 0 Å². The molecule has 1 aromatic carbocycles. The second-order valence-electron chi connectivity index (χ2n) is 2.87. The zero-order valence-corrected chi connectivity index (χ0v) is 8.31. The minimum atomic E-state index is -0.608. The Balaban J connectivity index is 2.91. The van der Waals surface area contributed by atoms with E-state index in [4.69, 9.17) is 0 Å². The zero-order chi connectivity index (χ0) is 11.4. The molecule has 0 aliphatic rings. The van der Waals surface area contributed by atoms with Gasteiger partial charge in [-0.05, 0) is 19.1 Å². The molecule has 0 heterocycles. The maximum absolute atomic E-state index is 10.8. The molecular weight excluding hydrogens is 200 g/mol. The minimum Gasteiger partial charge on any atom is -0.453 e. The molecule has 80 valence electrons. The van der Waals surface area contributed by atoms with Crippen molar-refractivity contribution in [3.8, 4) is 0 Å². The summed E-state index contributed by atoms with van der Waals surface area (Å²) in [5.41, 5.74) is 0.962. The van der Waals surface area contributed by atoms with Crippen LogP contribution in [-0.4, -0.2) is 18.1 Å². The van der Waals surface area contributed by atoms with Gasteiger partial charge in [-0.1, -0.05) is 0 Å². The highest BCUT2D eigenvalue weighted by Gasteiger charge is 2.10. The van der Waals surface area contributed by atoms with E-state index in [1.165, 1.54) is 25.3 Å². The number of nitrogens with one attached hydrogen (secondary N) is 1. The maximum Gasteiger partial charge on any atom is 0.411 e. The predicted molar refractivity (Wildman–Crippen MR) is 53.9 cm³/mol. The molecule has 0 aliphatic heterocycles. The number of benzene rings is 1. The molecule has 15 heavy (non-hydrogen) atoms. The number of aryl methyl sites for hydroxylation is 1. The van der Waals surface area contributed by atoms with Gasteiger partial charge in [-0.25, -0.2) is 4.79 Å². The van der Waals surface area contributed by atoms with Crippen molar-refractivity contribution in [2.45, 2.75) is 6.92 Å². The Labute approximate surface area is 86.0 Å². The van der Waals surface area contributed by atoms with Crippen LogP contribution in [0.15, 0.2) is 18.2 Å². The standard InChI is InChI=1S/C9H10N2O4/c1-6-5-7(10-9(12)15-2)3-4-8(6)11(13)14/h3-5H,1-2H3,(H,10,12). The summed E-state index contributed by atoms with van der Waals surface area (Å²) in [5.74, 6) is 0. The highest BCUT2D eigenvalue weighted by Crippen LogP contribution is 2.21. The summed E-state index contributed by atoms with van der Waals surface area (Å²) in [6, 6.07) is 4.29. The van der Waals surface area contributed by atoms with Crippen LogP contribution in [0.4, 0.5) is 16.2 Å².